The number of hydrogen-bond donors (Lipinski definition) is 1. The summed E-state index contributed by atoms with van der Waals surface area (Å²) in [5.74, 6) is -0.298. The average Bonchev–Trinajstić information content (AvgIpc) is 2.22. The van der Waals surface area contributed by atoms with Crippen LogP contribution in [-0.2, 0) is 5.41 Å². The fourth-order valence-corrected chi connectivity index (χ4v) is 2.84. The zero-order valence-corrected chi connectivity index (χ0v) is 10.4. The first kappa shape index (κ1) is 13.7. The van der Waals surface area contributed by atoms with Gasteiger partial charge in [-0.3, -0.25) is 0 Å². The Kier molecular flexibility index (Phi) is 3.87. The standard InChI is InChI=1S/C12H13F4NS/c13-10-3-1-9(2-4-10)11(7-17-8-11)5-6-18-12(14,15)16/h1-4,17H,5-8H2. The molecule has 0 spiro atoms. The van der Waals surface area contributed by atoms with Crippen molar-refractivity contribution in [1.29, 1.82) is 0 Å². The Bertz CT molecular complexity index is 398. The van der Waals surface area contributed by atoms with Crippen molar-refractivity contribution in [2.24, 2.45) is 0 Å². The first-order valence-corrected chi connectivity index (χ1v) is 6.57. The summed E-state index contributed by atoms with van der Waals surface area (Å²) in [5, 5.41) is 3.08. The molecule has 1 saturated heterocycles. The van der Waals surface area contributed by atoms with Crippen LogP contribution in [0, 0.1) is 5.82 Å². The van der Waals surface area contributed by atoms with Gasteiger partial charge in [-0.2, -0.15) is 13.2 Å². The van der Waals surface area contributed by atoms with E-state index < -0.39 is 5.51 Å². The summed E-state index contributed by atoms with van der Waals surface area (Å²) >= 11 is 0.00567. The maximum atomic E-state index is 12.8. The summed E-state index contributed by atoms with van der Waals surface area (Å²) in [7, 11) is 0. The highest BCUT2D eigenvalue weighted by Crippen LogP contribution is 2.37. The van der Waals surface area contributed by atoms with Crippen LogP contribution in [0.1, 0.15) is 12.0 Å². The minimum Gasteiger partial charge on any atom is -0.315 e. The van der Waals surface area contributed by atoms with Crippen LogP contribution in [-0.4, -0.2) is 24.4 Å². The molecule has 100 valence electrons. The monoisotopic (exact) mass is 279 g/mol. The lowest BCUT2D eigenvalue weighted by molar-refractivity contribution is -0.0329. The Hall–Kier alpha value is -0.750. The lowest BCUT2D eigenvalue weighted by Gasteiger charge is -2.43. The largest absolute Gasteiger partial charge is 0.441 e. The Morgan fingerprint density at radius 1 is 1.17 bits per heavy atom. The van der Waals surface area contributed by atoms with Crippen LogP contribution < -0.4 is 5.32 Å². The molecule has 0 bridgehead atoms. The minimum absolute atomic E-state index is 0.00567. The predicted molar refractivity (Wildman–Crippen MR) is 64.1 cm³/mol. The predicted octanol–water partition coefficient (Wildman–Crippen LogP) is 3.31. The SMILES string of the molecule is Fc1ccc(C2(CCSC(F)(F)F)CNC2)cc1. The minimum atomic E-state index is -4.18. The zero-order chi connectivity index (χ0) is 13.2. The van der Waals surface area contributed by atoms with Gasteiger partial charge in [0.25, 0.3) is 0 Å². The highest BCUT2D eigenvalue weighted by Gasteiger charge is 2.39. The van der Waals surface area contributed by atoms with Crippen LogP contribution in [0.25, 0.3) is 0 Å². The molecule has 0 atom stereocenters. The molecule has 1 nitrogen and oxygen atoms in total. The molecule has 0 unspecified atom stereocenters. The zero-order valence-electron chi connectivity index (χ0n) is 9.56. The van der Waals surface area contributed by atoms with E-state index in [4.69, 9.17) is 0 Å². The van der Waals surface area contributed by atoms with Gasteiger partial charge in [-0.1, -0.05) is 23.9 Å². The van der Waals surface area contributed by atoms with E-state index in [1.54, 1.807) is 12.1 Å². The molecule has 0 amide bonds. The molecule has 2 rings (SSSR count). The molecule has 18 heavy (non-hydrogen) atoms. The van der Waals surface area contributed by atoms with Gasteiger partial charge in [-0.25, -0.2) is 4.39 Å². The molecular formula is C12H13F4NS. The third-order valence-corrected chi connectivity index (χ3v) is 3.97. The second-order valence-corrected chi connectivity index (χ2v) is 5.59. The Morgan fingerprint density at radius 2 is 1.78 bits per heavy atom. The maximum absolute atomic E-state index is 12.8. The van der Waals surface area contributed by atoms with E-state index in [0.717, 1.165) is 5.56 Å². The molecule has 0 aromatic heterocycles. The van der Waals surface area contributed by atoms with Gasteiger partial charge in [0.15, 0.2) is 0 Å². The van der Waals surface area contributed by atoms with Crippen molar-refractivity contribution in [2.45, 2.75) is 17.3 Å². The van der Waals surface area contributed by atoms with Gasteiger partial charge in [-0.15, -0.1) is 0 Å². The Balaban J connectivity index is 2.00. The first-order chi connectivity index (χ1) is 8.41. The molecule has 1 aliphatic heterocycles. The average molecular weight is 279 g/mol. The second kappa shape index (κ2) is 5.09. The van der Waals surface area contributed by atoms with Crippen LogP contribution in [0.4, 0.5) is 17.6 Å². The number of alkyl halides is 3. The van der Waals surface area contributed by atoms with Gasteiger partial charge in [0, 0.05) is 24.3 Å². The van der Waals surface area contributed by atoms with Crippen LogP contribution >= 0.6 is 11.8 Å². The molecule has 1 fully saturated rings. The van der Waals surface area contributed by atoms with Crippen molar-refractivity contribution < 1.29 is 17.6 Å². The summed E-state index contributed by atoms with van der Waals surface area (Å²) in [4.78, 5) is 0. The summed E-state index contributed by atoms with van der Waals surface area (Å²) in [6.07, 6.45) is 0.440. The second-order valence-electron chi connectivity index (χ2n) is 4.43. The molecule has 0 saturated carbocycles. The lowest BCUT2D eigenvalue weighted by Crippen LogP contribution is -2.57. The summed E-state index contributed by atoms with van der Waals surface area (Å²) in [5.41, 5.74) is -3.54. The Morgan fingerprint density at radius 3 is 2.22 bits per heavy atom. The van der Waals surface area contributed by atoms with E-state index in [-0.39, 0.29) is 28.7 Å². The first-order valence-electron chi connectivity index (χ1n) is 5.59. The lowest BCUT2D eigenvalue weighted by atomic mass is 9.73. The van der Waals surface area contributed by atoms with Crippen molar-refractivity contribution in [3.8, 4) is 0 Å². The van der Waals surface area contributed by atoms with E-state index in [1.165, 1.54) is 12.1 Å². The fourth-order valence-electron chi connectivity index (χ4n) is 2.12. The molecular weight excluding hydrogens is 266 g/mol. The van der Waals surface area contributed by atoms with Gasteiger partial charge in [0.2, 0.25) is 0 Å². The van der Waals surface area contributed by atoms with Crippen LogP contribution in [0.15, 0.2) is 24.3 Å². The van der Waals surface area contributed by atoms with Crippen LogP contribution in [0.3, 0.4) is 0 Å². The van der Waals surface area contributed by atoms with E-state index in [1.807, 2.05) is 0 Å². The smallest absolute Gasteiger partial charge is 0.315 e. The molecule has 0 radical (unpaired) electrons. The van der Waals surface area contributed by atoms with E-state index in [9.17, 15) is 17.6 Å². The van der Waals surface area contributed by atoms with Gasteiger partial charge >= 0.3 is 5.51 Å². The molecule has 1 heterocycles. The van der Waals surface area contributed by atoms with Gasteiger partial charge in [0.05, 0.1) is 0 Å². The highest BCUT2D eigenvalue weighted by atomic mass is 32.2. The number of hydrogen-bond acceptors (Lipinski definition) is 2. The molecule has 1 aromatic rings. The molecule has 1 aliphatic rings. The van der Waals surface area contributed by atoms with Gasteiger partial charge in [-0.05, 0) is 24.1 Å². The van der Waals surface area contributed by atoms with Crippen molar-refractivity contribution in [2.75, 3.05) is 18.8 Å². The summed E-state index contributed by atoms with van der Waals surface area (Å²) < 4.78 is 49.2. The van der Waals surface area contributed by atoms with E-state index in [0.29, 0.717) is 19.5 Å². The van der Waals surface area contributed by atoms with Gasteiger partial charge in [0.1, 0.15) is 5.82 Å². The van der Waals surface area contributed by atoms with Crippen molar-refractivity contribution >= 4 is 11.8 Å². The molecule has 6 heteroatoms. The normalized spacial score (nSPS) is 18.4. The number of halogens is 4. The fraction of sp³-hybridized carbons (Fsp3) is 0.500. The number of thioether (sulfide) groups is 1. The molecule has 1 aromatic carbocycles. The number of benzene rings is 1. The van der Waals surface area contributed by atoms with Crippen LogP contribution in [0.5, 0.6) is 0 Å². The maximum Gasteiger partial charge on any atom is 0.441 e. The van der Waals surface area contributed by atoms with E-state index >= 15 is 0 Å². The van der Waals surface area contributed by atoms with Crippen molar-refractivity contribution in [1.82, 2.24) is 5.32 Å². The topological polar surface area (TPSA) is 12.0 Å². The third-order valence-electron chi connectivity index (χ3n) is 3.23. The van der Waals surface area contributed by atoms with Crippen LogP contribution in [0.2, 0.25) is 0 Å². The molecule has 1 N–H and O–H groups in total. The van der Waals surface area contributed by atoms with Crippen molar-refractivity contribution in [3.05, 3.63) is 35.6 Å². The third kappa shape index (κ3) is 3.17. The number of nitrogens with one attached hydrogen (secondary N) is 1. The number of rotatable bonds is 4. The van der Waals surface area contributed by atoms with Crippen molar-refractivity contribution in [3.63, 3.8) is 0 Å². The molecule has 0 aliphatic carbocycles. The quantitative estimate of drug-likeness (QED) is 0.849. The Labute approximate surface area is 107 Å². The van der Waals surface area contributed by atoms with E-state index in [2.05, 4.69) is 5.32 Å². The van der Waals surface area contributed by atoms with Gasteiger partial charge < -0.3 is 5.32 Å². The summed E-state index contributed by atoms with van der Waals surface area (Å²) in [6, 6.07) is 6.03. The highest BCUT2D eigenvalue weighted by molar-refractivity contribution is 8.00. The summed E-state index contributed by atoms with van der Waals surface area (Å²) in [6.45, 7) is 1.30.